The summed E-state index contributed by atoms with van der Waals surface area (Å²) in [4.78, 5) is 44.0. The highest BCUT2D eigenvalue weighted by Gasteiger charge is 2.26. The number of nitro groups is 2. The van der Waals surface area contributed by atoms with Crippen LogP contribution in [-0.2, 0) is 6.61 Å². The lowest BCUT2D eigenvalue weighted by Crippen LogP contribution is -2.08. The number of nitro benzene ring substituents is 2. The molecule has 3 aromatic carbocycles. The molecule has 0 atom stereocenters. The monoisotopic (exact) mass is 570 g/mol. The van der Waals surface area contributed by atoms with Gasteiger partial charge in [-0.25, -0.2) is 9.59 Å². The Labute approximate surface area is 233 Å². The summed E-state index contributed by atoms with van der Waals surface area (Å²) in [5, 5.41) is 41.3. The van der Waals surface area contributed by atoms with Gasteiger partial charge in [0.15, 0.2) is 23.0 Å². The van der Waals surface area contributed by atoms with E-state index in [4.69, 9.17) is 18.9 Å². The Morgan fingerprint density at radius 1 is 0.707 bits per heavy atom. The Bertz CT molecular complexity index is 1430. The fourth-order valence-electron chi connectivity index (χ4n) is 3.72. The lowest BCUT2D eigenvalue weighted by molar-refractivity contribution is -0.385. The molecule has 0 radical (unpaired) electrons. The number of methoxy groups -OCH3 is 1. The van der Waals surface area contributed by atoms with Crippen LogP contribution in [0, 0.1) is 20.2 Å². The first-order chi connectivity index (χ1) is 19.6. The highest BCUT2D eigenvalue weighted by molar-refractivity contribution is 5.94. The van der Waals surface area contributed by atoms with Crippen molar-refractivity contribution in [2.75, 3.05) is 20.3 Å². The van der Waals surface area contributed by atoms with E-state index in [9.17, 15) is 40.0 Å². The van der Waals surface area contributed by atoms with E-state index in [0.717, 1.165) is 29.8 Å². The molecule has 3 aromatic rings. The summed E-state index contributed by atoms with van der Waals surface area (Å²) in [7, 11) is 1.28. The number of carboxylic acid groups (broad SMARTS) is 2. The minimum atomic E-state index is -1.48. The molecule has 0 unspecified atom stereocenters. The van der Waals surface area contributed by atoms with Crippen molar-refractivity contribution < 1.29 is 48.6 Å². The zero-order chi connectivity index (χ0) is 29.9. The van der Waals surface area contributed by atoms with Crippen LogP contribution < -0.4 is 18.9 Å². The number of carbonyl (C=O) groups is 2. The summed E-state index contributed by atoms with van der Waals surface area (Å²) in [6.07, 6.45) is 1.52. The molecule has 0 amide bonds. The molecule has 14 heteroatoms. The number of aromatic carboxylic acids is 2. The SMILES string of the molecule is COc1cc(C(=O)O)c([N+](=O)[O-])cc1OCCCCCOc1cc([N+](=O)[O-])c(C(=O)O)cc1OCc1ccccc1. The molecule has 0 heterocycles. The molecule has 0 aliphatic rings. The number of rotatable bonds is 16. The minimum absolute atomic E-state index is 0.0180. The normalized spacial score (nSPS) is 10.5. The van der Waals surface area contributed by atoms with Gasteiger partial charge in [0.2, 0.25) is 0 Å². The third-order valence-corrected chi connectivity index (χ3v) is 5.74. The van der Waals surface area contributed by atoms with Gasteiger partial charge in [-0.2, -0.15) is 0 Å². The molecule has 0 aliphatic heterocycles. The van der Waals surface area contributed by atoms with Crippen LogP contribution >= 0.6 is 0 Å². The number of nitrogens with zero attached hydrogens (tertiary/aromatic N) is 2. The van der Waals surface area contributed by atoms with E-state index in [-0.39, 0.29) is 42.8 Å². The molecule has 0 fully saturated rings. The Morgan fingerprint density at radius 3 is 1.63 bits per heavy atom. The van der Waals surface area contributed by atoms with Crippen LogP contribution in [0.15, 0.2) is 54.6 Å². The van der Waals surface area contributed by atoms with Gasteiger partial charge >= 0.3 is 11.9 Å². The zero-order valence-corrected chi connectivity index (χ0v) is 21.8. The fourth-order valence-corrected chi connectivity index (χ4v) is 3.72. The van der Waals surface area contributed by atoms with Crippen molar-refractivity contribution >= 4 is 23.3 Å². The molecule has 216 valence electrons. The second-order valence-electron chi connectivity index (χ2n) is 8.49. The largest absolute Gasteiger partial charge is 0.493 e. The van der Waals surface area contributed by atoms with E-state index in [1.807, 2.05) is 6.07 Å². The van der Waals surface area contributed by atoms with Crippen molar-refractivity contribution in [2.45, 2.75) is 25.9 Å². The third-order valence-electron chi connectivity index (χ3n) is 5.74. The molecule has 0 saturated heterocycles. The number of carboxylic acids is 2. The van der Waals surface area contributed by atoms with Crippen LogP contribution in [0.25, 0.3) is 0 Å². The molecule has 41 heavy (non-hydrogen) atoms. The van der Waals surface area contributed by atoms with Gasteiger partial charge in [-0.3, -0.25) is 20.2 Å². The smallest absolute Gasteiger partial charge is 0.342 e. The quantitative estimate of drug-likeness (QED) is 0.131. The van der Waals surface area contributed by atoms with Crippen LogP contribution in [0.1, 0.15) is 45.5 Å². The molecular formula is C27H26N2O12. The first-order valence-electron chi connectivity index (χ1n) is 12.2. The molecule has 14 nitrogen and oxygen atoms in total. The molecule has 2 N–H and O–H groups in total. The molecule has 0 saturated carbocycles. The first kappa shape index (κ1) is 30.1. The second-order valence-corrected chi connectivity index (χ2v) is 8.49. The third kappa shape index (κ3) is 8.05. The lowest BCUT2D eigenvalue weighted by Gasteiger charge is -2.14. The summed E-state index contributed by atoms with van der Waals surface area (Å²) >= 11 is 0. The maximum absolute atomic E-state index is 11.6. The number of hydrogen-bond donors (Lipinski definition) is 2. The summed E-state index contributed by atoms with van der Waals surface area (Å²) in [6, 6.07) is 13.2. The Morgan fingerprint density at radius 2 is 1.17 bits per heavy atom. The van der Waals surface area contributed by atoms with Gasteiger partial charge in [0.1, 0.15) is 17.7 Å². The number of ether oxygens (including phenoxy) is 4. The molecule has 0 aliphatic carbocycles. The van der Waals surface area contributed by atoms with Crippen LogP contribution in [0.4, 0.5) is 11.4 Å². The lowest BCUT2D eigenvalue weighted by atomic mass is 10.1. The van der Waals surface area contributed by atoms with Gasteiger partial charge < -0.3 is 29.2 Å². The van der Waals surface area contributed by atoms with E-state index in [0.29, 0.717) is 19.3 Å². The predicted molar refractivity (Wildman–Crippen MR) is 142 cm³/mol. The molecule has 0 aromatic heterocycles. The Kier molecular flexibility index (Phi) is 10.4. The topological polar surface area (TPSA) is 198 Å². The van der Waals surface area contributed by atoms with Crippen molar-refractivity contribution in [3.8, 4) is 23.0 Å². The fraction of sp³-hybridized carbons (Fsp3) is 0.259. The van der Waals surface area contributed by atoms with Gasteiger partial charge in [0, 0.05) is 12.1 Å². The molecule has 0 bridgehead atoms. The van der Waals surface area contributed by atoms with Crippen molar-refractivity contribution in [3.05, 3.63) is 91.5 Å². The zero-order valence-electron chi connectivity index (χ0n) is 21.8. The van der Waals surface area contributed by atoms with Crippen molar-refractivity contribution in [2.24, 2.45) is 0 Å². The van der Waals surface area contributed by atoms with Gasteiger partial charge in [0.05, 0.1) is 42.3 Å². The maximum Gasteiger partial charge on any atom is 0.342 e. The first-order valence-corrected chi connectivity index (χ1v) is 12.2. The average Bonchev–Trinajstić information content (AvgIpc) is 2.95. The van der Waals surface area contributed by atoms with Crippen LogP contribution in [0.2, 0.25) is 0 Å². The van der Waals surface area contributed by atoms with Gasteiger partial charge in [-0.1, -0.05) is 30.3 Å². The number of unbranched alkanes of at least 4 members (excludes halogenated alkanes) is 2. The van der Waals surface area contributed by atoms with Gasteiger partial charge in [0.25, 0.3) is 11.4 Å². The summed E-state index contributed by atoms with van der Waals surface area (Å²) in [5.41, 5.74) is -1.53. The highest BCUT2D eigenvalue weighted by Crippen LogP contribution is 2.36. The summed E-state index contributed by atoms with van der Waals surface area (Å²) in [5.74, 6) is -2.84. The van der Waals surface area contributed by atoms with E-state index >= 15 is 0 Å². The average molecular weight is 571 g/mol. The Balaban J connectivity index is 1.61. The van der Waals surface area contributed by atoms with Crippen LogP contribution in [-0.4, -0.2) is 52.3 Å². The van der Waals surface area contributed by atoms with E-state index in [2.05, 4.69) is 0 Å². The summed E-state index contributed by atoms with van der Waals surface area (Å²) in [6.45, 7) is 0.331. The second kappa shape index (κ2) is 14.1. The standard InChI is InChI=1S/C27H26N2O12/c1-38-22-12-18(26(30)31)20(28(34)35)14-24(22)39-10-6-3-7-11-40-25-15-21(29(36)37)19(27(32)33)13-23(25)41-16-17-8-4-2-5-9-17/h2,4-5,8-9,12-15H,3,6-7,10-11,16H2,1H3,(H,30,31)(H,32,33). The molecule has 3 rings (SSSR count). The molecule has 0 spiro atoms. The molecular weight excluding hydrogens is 544 g/mol. The van der Waals surface area contributed by atoms with E-state index < -0.39 is 44.3 Å². The minimum Gasteiger partial charge on any atom is -0.493 e. The number of benzene rings is 3. The highest BCUT2D eigenvalue weighted by atomic mass is 16.6. The van der Waals surface area contributed by atoms with Crippen LogP contribution in [0.5, 0.6) is 23.0 Å². The van der Waals surface area contributed by atoms with Crippen molar-refractivity contribution in [1.29, 1.82) is 0 Å². The summed E-state index contributed by atoms with van der Waals surface area (Å²) < 4.78 is 22.1. The van der Waals surface area contributed by atoms with Gasteiger partial charge in [-0.15, -0.1) is 0 Å². The van der Waals surface area contributed by atoms with Crippen LogP contribution in [0.3, 0.4) is 0 Å². The van der Waals surface area contributed by atoms with Gasteiger partial charge in [-0.05, 0) is 24.8 Å². The van der Waals surface area contributed by atoms with E-state index in [1.165, 1.54) is 7.11 Å². The predicted octanol–water partition coefficient (Wildman–Crippen LogP) is 5.12. The van der Waals surface area contributed by atoms with Crippen molar-refractivity contribution in [3.63, 3.8) is 0 Å². The Hall–Kier alpha value is -5.40. The van der Waals surface area contributed by atoms with E-state index in [1.54, 1.807) is 24.3 Å². The van der Waals surface area contributed by atoms with Crippen molar-refractivity contribution in [1.82, 2.24) is 0 Å². The number of hydrogen-bond acceptors (Lipinski definition) is 10. The maximum atomic E-state index is 11.6.